The maximum Gasteiger partial charge on any atom is 0.280 e. The van der Waals surface area contributed by atoms with Crippen molar-refractivity contribution < 1.29 is 23.9 Å². The monoisotopic (exact) mass is 1400 g/mol. The Morgan fingerprint density at radius 1 is 0.525 bits per heavy atom. The zero-order valence-corrected chi connectivity index (χ0v) is 60.7. The molecule has 0 bridgehead atoms. The fraction of sp³-hybridized carbons (Fsp3) is 0.439. The van der Waals surface area contributed by atoms with Gasteiger partial charge in [0.05, 0.1) is 75.9 Å². The molecule has 2 saturated heterocycles. The highest BCUT2D eigenvalue weighted by Crippen LogP contribution is 2.46. The van der Waals surface area contributed by atoms with Gasteiger partial charge in [0.1, 0.15) is 37.8 Å². The molecule has 0 saturated carbocycles. The molecule has 4 amide bonds. The first-order valence-corrected chi connectivity index (χ1v) is 35.7. The van der Waals surface area contributed by atoms with Gasteiger partial charge in [-0.3, -0.25) is 33.4 Å². The summed E-state index contributed by atoms with van der Waals surface area (Å²) in [7, 11) is 7.50. The lowest BCUT2D eigenvalue weighted by Crippen LogP contribution is -2.52. The summed E-state index contributed by atoms with van der Waals surface area (Å²) in [5.41, 5.74) is 7.26. The predicted molar refractivity (Wildman–Crippen MR) is 389 cm³/mol. The van der Waals surface area contributed by atoms with E-state index in [-0.39, 0.29) is 23.6 Å². The van der Waals surface area contributed by atoms with Crippen molar-refractivity contribution in [3.8, 4) is 5.75 Å². The van der Waals surface area contributed by atoms with E-state index in [4.69, 9.17) is 19.7 Å². The van der Waals surface area contributed by atoms with Crippen LogP contribution in [-0.4, -0.2) is 201 Å². The Bertz CT molecular complexity index is 4470. The second kappa shape index (κ2) is 29.3. The molecule has 3 N–H and O–H groups in total. The molecule has 33 heteroatoms. The van der Waals surface area contributed by atoms with Crippen LogP contribution in [0.1, 0.15) is 117 Å². The topological polar surface area (TPSA) is 294 Å². The second-order valence-electron chi connectivity index (χ2n) is 24.1. The third kappa shape index (κ3) is 13.8. The summed E-state index contributed by atoms with van der Waals surface area (Å²) >= 11 is 4.49. The summed E-state index contributed by atoms with van der Waals surface area (Å²) in [5.74, 6) is 3.44. The minimum Gasteiger partial charge on any atom is -0.495 e. The van der Waals surface area contributed by atoms with Crippen LogP contribution in [0.2, 0.25) is 0 Å². The predicted octanol–water partition coefficient (Wildman–Crippen LogP) is 10.0. The number of nitrogens with one attached hydrogen (secondary N) is 3. The summed E-state index contributed by atoms with van der Waals surface area (Å²) < 4.78 is 9.19. The molecule has 9 aromatic rings. The number of aromatic nitrogens is 13. The summed E-state index contributed by atoms with van der Waals surface area (Å²) in [5, 5.41) is 23.0. The third-order valence-electron chi connectivity index (χ3n) is 18.0. The quantitative estimate of drug-likeness (QED) is 0.0859. The standard InChI is InChI=1S/C31H41N9O3S.C18H22N8OS.C17H20N8OS/c1-6-39-24-19-32-31(35-27(24)40(7-2)30-26(29(39)42)33-20(3)44-30)34-23-9-8-21(18-25(23)43-5)28(41)38-12-10-22(11-13-38)37-16-14-36(4)15-17-37;1-6-25-13-9-19-18(22-12-8-20-24(5)10(12)3)23-15(13)26(7-2)17-14(16(25)27)21-11(4)28-17;1-5-24-12-8-18-17(21-11-7-19-23(4)9-11)22-14(12)25(6-2)16-13(15(24)26)20-10(3)27-16/h8-9,18-19,22H,6-7,10-17H2,1-5H3,(H,32,34,35);8-9H,6-7H2,1-5H3,(H,19,22,23);7-9H,5-6H2,1-4H3,(H,18,21,22). The lowest BCUT2D eigenvalue weighted by molar-refractivity contribution is 0.0518. The third-order valence-corrected chi connectivity index (χ3v) is 20.9. The van der Waals surface area contributed by atoms with Gasteiger partial charge in [-0.1, -0.05) is 0 Å². The van der Waals surface area contributed by atoms with Gasteiger partial charge in [-0.15, -0.1) is 34.0 Å². The first-order valence-electron chi connectivity index (χ1n) is 33.3. The van der Waals surface area contributed by atoms with Gasteiger partial charge in [0, 0.05) is 110 Å². The van der Waals surface area contributed by atoms with Crippen LogP contribution in [0.3, 0.4) is 0 Å². The fourth-order valence-corrected chi connectivity index (χ4v) is 15.6. The van der Waals surface area contributed by atoms with E-state index in [1.807, 2.05) is 121 Å². The van der Waals surface area contributed by atoms with Gasteiger partial charge in [0.15, 0.2) is 34.5 Å². The van der Waals surface area contributed by atoms with Crippen LogP contribution >= 0.6 is 34.0 Å². The number of thiazole rings is 3. The maximum atomic E-state index is 13.5. The summed E-state index contributed by atoms with van der Waals surface area (Å²) in [6.45, 7) is 29.0. The number of nitrogens with zero attached hydrogens (tertiary/aromatic N) is 22. The normalized spacial score (nSPS) is 15.5. The zero-order valence-electron chi connectivity index (χ0n) is 58.3. The molecule has 0 spiro atoms. The molecule has 5 aliphatic heterocycles. The van der Waals surface area contributed by atoms with Crippen LogP contribution in [0.4, 0.5) is 84.4 Å². The molecule has 520 valence electrons. The molecule has 14 rings (SSSR count). The van der Waals surface area contributed by atoms with E-state index in [1.54, 1.807) is 68.2 Å². The molecule has 0 aliphatic carbocycles. The first kappa shape index (κ1) is 69.1. The highest BCUT2D eigenvalue weighted by molar-refractivity contribution is 7.17. The lowest BCUT2D eigenvalue weighted by atomic mass is 10.0. The smallest absolute Gasteiger partial charge is 0.280 e. The van der Waals surface area contributed by atoms with E-state index < -0.39 is 0 Å². The first-order chi connectivity index (χ1) is 47.8. The highest BCUT2D eigenvalue weighted by atomic mass is 32.1. The van der Waals surface area contributed by atoms with Gasteiger partial charge >= 0.3 is 0 Å². The van der Waals surface area contributed by atoms with Gasteiger partial charge in [-0.25, -0.2) is 29.9 Å². The lowest BCUT2D eigenvalue weighted by Gasteiger charge is -2.42. The fourth-order valence-electron chi connectivity index (χ4n) is 12.7. The van der Waals surface area contributed by atoms with Gasteiger partial charge in [0.2, 0.25) is 17.8 Å². The maximum absolute atomic E-state index is 13.5. The Labute approximate surface area is 586 Å². The molecular weight excluding hydrogens is 1320 g/mol. The molecule has 1 aromatic carbocycles. The second-order valence-corrected chi connectivity index (χ2v) is 27.6. The van der Waals surface area contributed by atoms with E-state index in [1.165, 1.54) is 34.0 Å². The van der Waals surface area contributed by atoms with Crippen molar-refractivity contribution in [2.45, 2.75) is 88.1 Å². The number of rotatable bonds is 15. The van der Waals surface area contributed by atoms with E-state index in [0.29, 0.717) is 132 Å². The number of likely N-dealkylation sites (tertiary alicyclic amines) is 1. The van der Waals surface area contributed by atoms with Crippen molar-refractivity contribution in [3.05, 3.63) is 98.7 Å². The average Bonchev–Trinajstić information content (AvgIpc) is 1.63. The van der Waals surface area contributed by atoms with E-state index >= 15 is 0 Å². The number of benzene rings is 1. The van der Waals surface area contributed by atoms with Crippen molar-refractivity contribution in [2.24, 2.45) is 14.1 Å². The Hall–Kier alpha value is -9.83. The van der Waals surface area contributed by atoms with Crippen molar-refractivity contribution in [2.75, 3.05) is 138 Å². The minimum atomic E-state index is -0.154. The number of aryl methyl sites for hydroxylation is 5. The van der Waals surface area contributed by atoms with Crippen LogP contribution in [0, 0.1) is 27.7 Å². The number of hydrogen-bond acceptors (Lipinski definition) is 27. The van der Waals surface area contributed by atoms with Gasteiger partial charge < -0.3 is 59.9 Å². The molecule has 2 fully saturated rings. The number of ether oxygens (including phenoxy) is 1. The number of hydrogen-bond donors (Lipinski definition) is 3. The highest BCUT2D eigenvalue weighted by Gasteiger charge is 2.38. The summed E-state index contributed by atoms with van der Waals surface area (Å²) in [4.78, 5) is 112. The van der Waals surface area contributed by atoms with Crippen molar-refractivity contribution in [1.29, 1.82) is 0 Å². The van der Waals surface area contributed by atoms with Gasteiger partial charge in [0.25, 0.3) is 23.6 Å². The number of methoxy groups -OCH3 is 1. The molecule has 8 aromatic heterocycles. The zero-order chi connectivity index (χ0) is 70.1. The van der Waals surface area contributed by atoms with E-state index in [9.17, 15) is 19.2 Å². The number of piperazine rings is 1. The average molecular weight is 1400 g/mol. The number of anilines is 15. The van der Waals surface area contributed by atoms with E-state index in [2.05, 4.69) is 72.9 Å². The summed E-state index contributed by atoms with van der Waals surface area (Å²) in [6.07, 6.45) is 12.4. The van der Waals surface area contributed by atoms with Crippen LogP contribution in [0.5, 0.6) is 5.75 Å². The number of amides is 4. The molecule has 0 unspecified atom stereocenters. The van der Waals surface area contributed by atoms with Crippen LogP contribution in [0.25, 0.3) is 0 Å². The molecule has 0 atom stereocenters. The Morgan fingerprint density at radius 3 is 1.35 bits per heavy atom. The van der Waals surface area contributed by atoms with Crippen LogP contribution in [0.15, 0.2) is 55.4 Å². The molecule has 99 heavy (non-hydrogen) atoms. The number of likely N-dealkylation sites (N-methyl/N-ethyl adjacent to an activating group) is 1. The number of carbonyl (C=O) groups is 4. The van der Waals surface area contributed by atoms with Crippen LogP contribution < -0.4 is 50.1 Å². The molecule has 0 radical (unpaired) electrons. The van der Waals surface area contributed by atoms with Crippen molar-refractivity contribution in [3.63, 3.8) is 0 Å². The number of piperidine rings is 1. The van der Waals surface area contributed by atoms with Gasteiger partial charge in [-0.2, -0.15) is 25.1 Å². The van der Waals surface area contributed by atoms with Crippen molar-refractivity contribution >= 4 is 142 Å². The molecule has 13 heterocycles. The summed E-state index contributed by atoms with van der Waals surface area (Å²) in [6, 6.07) is 5.99. The molecular formula is C66H83N25O5S3. The van der Waals surface area contributed by atoms with Crippen molar-refractivity contribution in [1.82, 2.24) is 79.1 Å². The SMILES string of the molecule is CCN1C(=O)c2nc(C)sc2N(CC)c2nc(Nc3ccc(C(=O)N4CCC(N5CCN(C)CC5)CC4)cc3OC)ncc21.CCN1C(=O)c2nc(C)sc2N(CC)c2nc(Nc3cnn(C)c3)ncc21.CCN1C(=O)c2nc(C)sc2N(CC)c2nc(Nc3cnn(C)c3C)ncc21. The minimum absolute atomic E-state index is 0.0199. The Morgan fingerprint density at radius 2 is 0.960 bits per heavy atom. The number of carbonyl (C=O) groups excluding carboxylic acids is 4. The molecule has 30 nitrogen and oxygen atoms in total. The Kier molecular flexibility index (Phi) is 20.5. The molecule has 5 aliphatic rings. The number of fused-ring (bicyclic) bond motifs is 6. The largest absolute Gasteiger partial charge is 0.495 e. The van der Waals surface area contributed by atoms with Crippen LogP contribution in [-0.2, 0) is 14.1 Å². The van der Waals surface area contributed by atoms with Gasteiger partial charge in [-0.05, 0) is 107 Å². The van der Waals surface area contributed by atoms with E-state index in [0.717, 1.165) is 99.2 Å². The Balaban J connectivity index is 0.000000148.